The number of nitrogens with one attached hydrogen (secondary N) is 1. The maximum absolute atomic E-state index is 5.39. The highest BCUT2D eigenvalue weighted by Gasteiger charge is 2.21. The molecule has 1 aromatic carbocycles. The number of rotatable bonds is 4. The molecule has 1 unspecified atom stereocenters. The first-order valence-corrected chi connectivity index (χ1v) is 8.11. The van der Waals surface area contributed by atoms with Crippen LogP contribution in [-0.2, 0) is 10.5 Å². The molecule has 0 radical (unpaired) electrons. The molecule has 0 saturated carbocycles. The second-order valence-corrected chi connectivity index (χ2v) is 6.34. The molecule has 2 aromatic rings. The molecule has 20 heavy (non-hydrogen) atoms. The van der Waals surface area contributed by atoms with Gasteiger partial charge < -0.3 is 14.6 Å². The van der Waals surface area contributed by atoms with E-state index in [0.29, 0.717) is 24.1 Å². The first-order valence-electron chi connectivity index (χ1n) is 6.33. The minimum Gasteiger partial charge on any atom is -0.378 e. The molecule has 3 rings (SSSR count). The van der Waals surface area contributed by atoms with E-state index in [0.717, 1.165) is 17.6 Å². The van der Waals surface area contributed by atoms with Crippen LogP contribution in [0.3, 0.4) is 0 Å². The van der Waals surface area contributed by atoms with Crippen LogP contribution in [0, 0.1) is 0 Å². The summed E-state index contributed by atoms with van der Waals surface area (Å²) in [5, 5.41) is 7.31. The molecule has 106 valence electrons. The summed E-state index contributed by atoms with van der Waals surface area (Å²) >= 11 is 5.11. The van der Waals surface area contributed by atoms with Gasteiger partial charge in [0.05, 0.1) is 19.0 Å². The molecule has 0 aliphatic carbocycles. The zero-order valence-electron chi connectivity index (χ0n) is 10.7. The van der Waals surface area contributed by atoms with E-state index in [1.165, 1.54) is 4.90 Å². The van der Waals surface area contributed by atoms with Crippen molar-refractivity contribution in [3.8, 4) is 0 Å². The third kappa shape index (κ3) is 3.60. The number of thioether (sulfide) groups is 1. The van der Waals surface area contributed by atoms with Gasteiger partial charge in [0.2, 0.25) is 5.89 Å². The summed E-state index contributed by atoms with van der Waals surface area (Å²) in [7, 11) is 0. The molecule has 1 aliphatic heterocycles. The van der Waals surface area contributed by atoms with Crippen molar-refractivity contribution in [2.24, 2.45) is 0 Å². The predicted molar refractivity (Wildman–Crippen MR) is 79.6 cm³/mol. The van der Waals surface area contributed by atoms with Gasteiger partial charge in [0.25, 0.3) is 0 Å². The van der Waals surface area contributed by atoms with Gasteiger partial charge in [0, 0.05) is 15.9 Å². The number of benzene rings is 1. The standard InChI is InChI=1S/C13H14BrN3O2S/c14-9-1-3-10(4-2-9)20-8-12-16-13(19-17-12)11-7-18-6-5-15-11/h1-4,11,15H,5-8H2. The summed E-state index contributed by atoms with van der Waals surface area (Å²) in [6.45, 7) is 2.13. The molecule has 1 fully saturated rings. The maximum atomic E-state index is 5.39. The predicted octanol–water partition coefficient (Wildman–Crippen LogP) is 2.79. The van der Waals surface area contributed by atoms with Crippen LogP contribution in [0.2, 0.25) is 0 Å². The van der Waals surface area contributed by atoms with E-state index in [4.69, 9.17) is 9.26 Å². The van der Waals surface area contributed by atoms with Crippen LogP contribution < -0.4 is 5.32 Å². The lowest BCUT2D eigenvalue weighted by Gasteiger charge is -2.20. The second-order valence-electron chi connectivity index (χ2n) is 4.37. The third-order valence-corrected chi connectivity index (χ3v) is 4.42. The van der Waals surface area contributed by atoms with Crippen LogP contribution in [0.5, 0.6) is 0 Å². The first-order chi connectivity index (χ1) is 9.81. The molecule has 1 atom stereocenters. The summed E-state index contributed by atoms with van der Waals surface area (Å²) in [4.78, 5) is 5.60. The lowest BCUT2D eigenvalue weighted by molar-refractivity contribution is 0.0659. The van der Waals surface area contributed by atoms with Crippen LogP contribution in [0.1, 0.15) is 17.8 Å². The fourth-order valence-corrected chi connectivity index (χ4v) is 2.88. The van der Waals surface area contributed by atoms with Gasteiger partial charge in [-0.2, -0.15) is 4.98 Å². The molecule has 0 spiro atoms. The Balaban J connectivity index is 1.58. The monoisotopic (exact) mass is 355 g/mol. The van der Waals surface area contributed by atoms with Crippen LogP contribution in [0.4, 0.5) is 0 Å². The van der Waals surface area contributed by atoms with Gasteiger partial charge in [-0.05, 0) is 24.3 Å². The largest absolute Gasteiger partial charge is 0.378 e. The molecule has 1 N–H and O–H groups in total. The van der Waals surface area contributed by atoms with Gasteiger partial charge in [0.1, 0.15) is 6.04 Å². The zero-order chi connectivity index (χ0) is 13.8. The lowest BCUT2D eigenvalue weighted by Crippen LogP contribution is -2.34. The fraction of sp³-hybridized carbons (Fsp3) is 0.385. The van der Waals surface area contributed by atoms with E-state index >= 15 is 0 Å². The molecule has 5 nitrogen and oxygen atoms in total. The normalized spacial score (nSPS) is 19.1. The molecule has 0 amide bonds. The Hall–Kier alpha value is -0.890. The quantitative estimate of drug-likeness (QED) is 0.851. The van der Waals surface area contributed by atoms with Gasteiger partial charge in [-0.15, -0.1) is 11.8 Å². The zero-order valence-corrected chi connectivity index (χ0v) is 13.1. The summed E-state index contributed by atoms with van der Waals surface area (Å²) in [6, 6.07) is 8.18. The van der Waals surface area contributed by atoms with Crippen LogP contribution in [-0.4, -0.2) is 29.9 Å². The number of aromatic nitrogens is 2. The van der Waals surface area contributed by atoms with Crippen molar-refractivity contribution < 1.29 is 9.26 Å². The molecular weight excluding hydrogens is 342 g/mol. The van der Waals surface area contributed by atoms with Crippen molar-refractivity contribution in [2.45, 2.75) is 16.7 Å². The van der Waals surface area contributed by atoms with E-state index in [1.54, 1.807) is 11.8 Å². The van der Waals surface area contributed by atoms with Gasteiger partial charge in [-0.25, -0.2) is 0 Å². The molecule has 1 aliphatic rings. The molecule has 1 aromatic heterocycles. The van der Waals surface area contributed by atoms with Crippen molar-refractivity contribution >= 4 is 27.7 Å². The highest BCUT2D eigenvalue weighted by atomic mass is 79.9. The third-order valence-electron chi connectivity index (χ3n) is 2.89. The second kappa shape index (κ2) is 6.71. The number of halogens is 1. The van der Waals surface area contributed by atoms with Crippen molar-refractivity contribution in [1.82, 2.24) is 15.5 Å². The Kier molecular flexibility index (Phi) is 4.72. The lowest BCUT2D eigenvalue weighted by atomic mass is 10.3. The topological polar surface area (TPSA) is 60.2 Å². The maximum Gasteiger partial charge on any atom is 0.246 e. The summed E-state index contributed by atoms with van der Waals surface area (Å²) in [6.07, 6.45) is 0. The van der Waals surface area contributed by atoms with Gasteiger partial charge >= 0.3 is 0 Å². The Morgan fingerprint density at radius 2 is 2.20 bits per heavy atom. The molecule has 7 heteroatoms. The van der Waals surface area contributed by atoms with E-state index in [9.17, 15) is 0 Å². The Labute approximate surface area is 129 Å². The van der Waals surface area contributed by atoms with Crippen LogP contribution in [0.25, 0.3) is 0 Å². The van der Waals surface area contributed by atoms with Crippen molar-refractivity contribution in [2.75, 3.05) is 19.8 Å². The number of ether oxygens (including phenoxy) is 1. The van der Waals surface area contributed by atoms with Crippen molar-refractivity contribution in [3.05, 3.63) is 40.5 Å². The molecule has 1 saturated heterocycles. The van der Waals surface area contributed by atoms with E-state index in [1.807, 2.05) is 12.1 Å². The number of morpholine rings is 1. The SMILES string of the molecule is Brc1ccc(SCc2noc(C3COCCN3)n2)cc1. The van der Waals surface area contributed by atoms with E-state index in [-0.39, 0.29) is 6.04 Å². The minimum absolute atomic E-state index is 0.0164. The fourth-order valence-electron chi connectivity index (χ4n) is 1.87. The highest BCUT2D eigenvalue weighted by Crippen LogP contribution is 2.24. The average Bonchev–Trinajstić information content (AvgIpc) is 2.97. The highest BCUT2D eigenvalue weighted by molar-refractivity contribution is 9.10. The summed E-state index contributed by atoms with van der Waals surface area (Å²) in [5.74, 6) is 2.01. The Morgan fingerprint density at radius 1 is 1.35 bits per heavy atom. The van der Waals surface area contributed by atoms with Gasteiger partial charge in [0.15, 0.2) is 5.82 Å². The van der Waals surface area contributed by atoms with E-state index in [2.05, 4.69) is 43.5 Å². The molecule has 0 bridgehead atoms. The summed E-state index contributed by atoms with van der Waals surface area (Å²) < 4.78 is 11.7. The first kappa shape index (κ1) is 14.1. The minimum atomic E-state index is 0.0164. The number of hydrogen-bond donors (Lipinski definition) is 1. The van der Waals surface area contributed by atoms with Gasteiger partial charge in [-0.3, -0.25) is 0 Å². The molecule has 2 heterocycles. The number of hydrogen-bond acceptors (Lipinski definition) is 6. The van der Waals surface area contributed by atoms with Crippen molar-refractivity contribution in [3.63, 3.8) is 0 Å². The summed E-state index contributed by atoms with van der Waals surface area (Å²) in [5.41, 5.74) is 0. The Bertz CT molecular complexity index is 555. The Morgan fingerprint density at radius 3 is 2.95 bits per heavy atom. The van der Waals surface area contributed by atoms with E-state index < -0.39 is 0 Å². The smallest absolute Gasteiger partial charge is 0.246 e. The average molecular weight is 356 g/mol. The van der Waals surface area contributed by atoms with Gasteiger partial charge in [-0.1, -0.05) is 21.1 Å². The number of nitrogens with zero attached hydrogens (tertiary/aromatic N) is 2. The van der Waals surface area contributed by atoms with Crippen LogP contribution in [0.15, 0.2) is 38.2 Å². The van der Waals surface area contributed by atoms with Crippen molar-refractivity contribution in [1.29, 1.82) is 0 Å². The molecular formula is C13H14BrN3O2S. The van der Waals surface area contributed by atoms with Crippen LogP contribution >= 0.6 is 27.7 Å².